The van der Waals surface area contributed by atoms with Crippen LogP contribution in [0.3, 0.4) is 0 Å². The van der Waals surface area contributed by atoms with Gasteiger partial charge in [0.15, 0.2) is 5.82 Å². The van der Waals surface area contributed by atoms with E-state index in [0.29, 0.717) is 17.5 Å². The van der Waals surface area contributed by atoms with Crippen LogP contribution in [0.2, 0.25) is 0 Å². The molecule has 0 fully saturated rings. The molecule has 0 saturated carbocycles. The van der Waals surface area contributed by atoms with Crippen LogP contribution in [0.25, 0.3) is 16.6 Å². The number of fused-ring (bicyclic) bond motifs is 1. The highest BCUT2D eigenvalue weighted by atomic mass is 32.1. The van der Waals surface area contributed by atoms with Crippen LogP contribution in [0.1, 0.15) is 31.5 Å². The maximum absolute atomic E-state index is 5.40. The summed E-state index contributed by atoms with van der Waals surface area (Å²) in [7, 11) is 0. The zero-order chi connectivity index (χ0) is 16.7. The van der Waals surface area contributed by atoms with E-state index in [0.717, 1.165) is 15.8 Å². The second-order valence-electron chi connectivity index (χ2n) is 5.67. The lowest BCUT2D eigenvalue weighted by Crippen LogP contribution is -2.17. The van der Waals surface area contributed by atoms with Crippen molar-refractivity contribution in [2.45, 2.75) is 26.8 Å². The molecule has 0 saturated heterocycles. The molecule has 4 heterocycles. The van der Waals surface area contributed by atoms with Gasteiger partial charge >= 0.3 is 0 Å². The van der Waals surface area contributed by atoms with Gasteiger partial charge in [0, 0.05) is 0 Å². The van der Waals surface area contributed by atoms with Gasteiger partial charge in [-0.3, -0.25) is 5.10 Å². The van der Waals surface area contributed by atoms with Crippen molar-refractivity contribution in [1.82, 2.24) is 39.9 Å². The molecule has 0 radical (unpaired) electrons. The number of rotatable bonds is 5. The minimum absolute atomic E-state index is 0.175. The smallest absolute Gasteiger partial charge is 0.249 e. The topological polar surface area (TPSA) is 123 Å². The van der Waals surface area contributed by atoms with E-state index in [9.17, 15) is 0 Å². The maximum Gasteiger partial charge on any atom is 0.249 e. The SMILES string of the molecule is Cc1cn2nc(N[C@H](c3nc(-c4ncn[nH]4)no3)C(C)C)sc2n1. The molecule has 0 aliphatic heterocycles. The van der Waals surface area contributed by atoms with Crippen LogP contribution in [-0.4, -0.2) is 39.9 Å². The fourth-order valence-electron chi connectivity index (χ4n) is 2.28. The first-order valence-electron chi connectivity index (χ1n) is 7.39. The van der Waals surface area contributed by atoms with Gasteiger partial charge in [0.05, 0.1) is 11.9 Å². The van der Waals surface area contributed by atoms with Crippen molar-refractivity contribution in [2.24, 2.45) is 5.92 Å². The molecule has 0 spiro atoms. The Morgan fingerprint density at radius 2 is 2.21 bits per heavy atom. The van der Waals surface area contributed by atoms with Crippen LogP contribution in [0.15, 0.2) is 17.0 Å². The number of aromatic nitrogens is 8. The average Bonchev–Trinajstić information content (AvgIpc) is 3.27. The summed E-state index contributed by atoms with van der Waals surface area (Å²) in [5.74, 6) is 1.53. The van der Waals surface area contributed by atoms with Gasteiger partial charge in [0.1, 0.15) is 12.4 Å². The lowest BCUT2D eigenvalue weighted by Gasteiger charge is -2.17. The molecule has 4 aromatic rings. The van der Waals surface area contributed by atoms with Gasteiger partial charge in [-0.05, 0) is 12.8 Å². The highest BCUT2D eigenvalue weighted by molar-refractivity contribution is 7.20. The molecule has 10 nitrogen and oxygen atoms in total. The average molecular weight is 345 g/mol. The van der Waals surface area contributed by atoms with Crippen LogP contribution in [0.5, 0.6) is 0 Å². The summed E-state index contributed by atoms with van der Waals surface area (Å²) in [5, 5.41) is 19.0. The number of aryl methyl sites for hydroxylation is 1. The molecule has 0 unspecified atom stereocenters. The van der Waals surface area contributed by atoms with Crippen LogP contribution in [0, 0.1) is 12.8 Å². The van der Waals surface area contributed by atoms with E-state index in [1.165, 1.54) is 17.7 Å². The molecule has 4 aromatic heterocycles. The number of H-pyrrole nitrogens is 1. The molecule has 2 N–H and O–H groups in total. The Morgan fingerprint density at radius 1 is 1.33 bits per heavy atom. The van der Waals surface area contributed by atoms with Crippen molar-refractivity contribution >= 4 is 21.4 Å². The number of aromatic amines is 1. The molecule has 124 valence electrons. The van der Waals surface area contributed by atoms with E-state index in [2.05, 4.69) is 54.6 Å². The molecule has 0 aliphatic rings. The van der Waals surface area contributed by atoms with E-state index in [4.69, 9.17) is 4.52 Å². The van der Waals surface area contributed by atoms with Crippen LogP contribution < -0.4 is 5.32 Å². The number of hydrogen-bond donors (Lipinski definition) is 2. The van der Waals surface area contributed by atoms with Gasteiger partial charge in [-0.25, -0.2) is 14.5 Å². The summed E-state index contributed by atoms with van der Waals surface area (Å²) in [6.45, 7) is 6.08. The first-order chi connectivity index (χ1) is 11.6. The normalized spacial score (nSPS) is 13.0. The van der Waals surface area contributed by atoms with Gasteiger partial charge < -0.3 is 9.84 Å². The third-order valence-corrected chi connectivity index (χ3v) is 4.30. The Kier molecular flexibility index (Phi) is 3.49. The fraction of sp³-hybridized carbons (Fsp3) is 0.385. The van der Waals surface area contributed by atoms with Crippen molar-refractivity contribution in [2.75, 3.05) is 5.32 Å². The summed E-state index contributed by atoms with van der Waals surface area (Å²) in [6, 6.07) is -0.175. The van der Waals surface area contributed by atoms with Crippen molar-refractivity contribution in [3.05, 3.63) is 24.1 Å². The summed E-state index contributed by atoms with van der Waals surface area (Å²) < 4.78 is 7.16. The summed E-state index contributed by atoms with van der Waals surface area (Å²) in [6.07, 6.45) is 3.28. The number of nitrogens with zero attached hydrogens (tertiary/aromatic N) is 7. The lowest BCUT2D eigenvalue weighted by molar-refractivity contribution is 0.335. The van der Waals surface area contributed by atoms with Gasteiger partial charge in [-0.2, -0.15) is 10.1 Å². The highest BCUT2D eigenvalue weighted by Gasteiger charge is 2.25. The van der Waals surface area contributed by atoms with E-state index in [1.807, 2.05) is 13.1 Å². The number of nitrogens with one attached hydrogen (secondary N) is 2. The van der Waals surface area contributed by atoms with Crippen LogP contribution in [-0.2, 0) is 0 Å². The first kappa shape index (κ1) is 14.8. The van der Waals surface area contributed by atoms with Crippen LogP contribution >= 0.6 is 11.3 Å². The Balaban J connectivity index is 1.61. The largest absolute Gasteiger partial charge is 0.348 e. The highest BCUT2D eigenvalue weighted by Crippen LogP contribution is 2.29. The van der Waals surface area contributed by atoms with E-state index in [1.54, 1.807) is 4.52 Å². The second kappa shape index (κ2) is 5.67. The molecule has 11 heteroatoms. The zero-order valence-corrected chi connectivity index (χ0v) is 14.1. The molecule has 4 rings (SSSR count). The molecular weight excluding hydrogens is 330 g/mol. The van der Waals surface area contributed by atoms with Crippen molar-refractivity contribution < 1.29 is 4.52 Å². The summed E-state index contributed by atoms with van der Waals surface area (Å²) in [4.78, 5) is 13.7. The molecule has 1 atom stereocenters. The standard InChI is InChI=1S/C13H15N9OS/c1-6(2)8(11-18-10(21-23-11)9-14-5-15-19-9)17-12-20-22-4-7(3)16-13(22)24-12/h4-6,8H,1-3H3,(H,17,20)(H,14,15,19)/t8-/m0/s1. The summed E-state index contributed by atoms with van der Waals surface area (Å²) in [5.41, 5.74) is 0.939. The van der Waals surface area contributed by atoms with E-state index < -0.39 is 0 Å². The number of imidazole rings is 1. The quantitative estimate of drug-likeness (QED) is 0.563. The number of anilines is 1. The molecular formula is C13H15N9OS. The van der Waals surface area contributed by atoms with E-state index >= 15 is 0 Å². The van der Waals surface area contributed by atoms with E-state index in [-0.39, 0.29) is 12.0 Å². The van der Waals surface area contributed by atoms with Gasteiger partial charge in [-0.1, -0.05) is 30.3 Å². The predicted molar refractivity (Wildman–Crippen MR) is 86.5 cm³/mol. The molecule has 0 aliphatic carbocycles. The summed E-state index contributed by atoms with van der Waals surface area (Å²) >= 11 is 1.47. The molecule has 0 aromatic carbocycles. The van der Waals surface area contributed by atoms with Crippen molar-refractivity contribution in [1.29, 1.82) is 0 Å². The minimum Gasteiger partial charge on any atom is -0.348 e. The molecule has 0 bridgehead atoms. The van der Waals surface area contributed by atoms with Crippen molar-refractivity contribution in [3.8, 4) is 11.6 Å². The first-order valence-corrected chi connectivity index (χ1v) is 8.20. The number of hydrogen-bond acceptors (Lipinski definition) is 9. The predicted octanol–water partition coefficient (Wildman–Crippen LogP) is 2.08. The van der Waals surface area contributed by atoms with Gasteiger partial charge in [-0.15, -0.1) is 5.10 Å². The molecule has 0 amide bonds. The molecule has 24 heavy (non-hydrogen) atoms. The monoisotopic (exact) mass is 345 g/mol. The maximum atomic E-state index is 5.40. The zero-order valence-electron chi connectivity index (χ0n) is 13.3. The third kappa shape index (κ3) is 2.62. The van der Waals surface area contributed by atoms with Gasteiger partial charge in [0.25, 0.3) is 0 Å². The third-order valence-electron chi connectivity index (χ3n) is 3.44. The van der Waals surface area contributed by atoms with Crippen molar-refractivity contribution in [3.63, 3.8) is 0 Å². The Hall–Kier alpha value is -2.82. The second-order valence-corrected chi connectivity index (χ2v) is 6.63. The van der Waals surface area contributed by atoms with Crippen LogP contribution in [0.4, 0.5) is 5.13 Å². The Labute approximate surface area is 140 Å². The Morgan fingerprint density at radius 3 is 2.92 bits per heavy atom. The lowest BCUT2D eigenvalue weighted by atomic mass is 10.1. The fourth-order valence-corrected chi connectivity index (χ4v) is 3.15. The van der Waals surface area contributed by atoms with Gasteiger partial charge in [0.2, 0.25) is 21.8 Å². The minimum atomic E-state index is -0.175. The Bertz CT molecular complexity index is 920.